The molecular formula is C8H8ClN. The minimum Gasteiger partial charge on any atom is -0.384 e. The molecule has 0 saturated carbocycles. The van der Waals surface area contributed by atoms with Crippen molar-refractivity contribution in [2.75, 3.05) is 0 Å². The van der Waals surface area contributed by atoms with Crippen LogP contribution < -0.4 is 5.32 Å². The lowest BCUT2D eigenvalue weighted by molar-refractivity contribution is 0.641. The summed E-state index contributed by atoms with van der Waals surface area (Å²) in [6.07, 6.45) is 10.1. The molecule has 10 heavy (non-hydrogen) atoms. The summed E-state index contributed by atoms with van der Waals surface area (Å²) in [5.41, 5.74) is 0. The molecule has 2 aliphatic rings. The van der Waals surface area contributed by atoms with E-state index >= 15 is 0 Å². The molecule has 1 nitrogen and oxygen atoms in total. The van der Waals surface area contributed by atoms with Crippen molar-refractivity contribution >= 4 is 11.6 Å². The second-order valence-corrected chi connectivity index (χ2v) is 2.95. The predicted octanol–water partition coefficient (Wildman–Crippen LogP) is 1.78. The molecule has 1 heterocycles. The van der Waals surface area contributed by atoms with Crippen LogP contribution in [0.4, 0.5) is 0 Å². The van der Waals surface area contributed by atoms with Crippen molar-refractivity contribution in [1.82, 2.24) is 5.32 Å². The van der Waals surface area contributed by atoms with Crippen molar-refractivity contribution in [3.05, 3.63) is 35.5 Å². The molecule has 52 valence electrons. The molecule has 0 bridgehead atoms. The second kappa shape index (κ2) is 2.17. The summed E-state index contributed by atoms with van der Waals surface area (Å²) in [7, 11) is 0. The Labute approximate surface area is 65.1 Å². The van der Waals surface area contributed by atoms with E-state index in [1.165, 1.54) is 0 Å². The van der Waals surface area contributed by atoms with E-state index in [2.05, 4.69) is 17.5 Å². The standard InChI is InChI=1S/C8H8ClN/c9-7-2-1-3-8-6(7)4-5-10-8/h1-6,8,10H. The first-order valence-corrected chi connectivity index (χ1v) is 3.72. The van der Waals surface area contributed by atoms with Crippen LogP contribution in [0.5, 0.6) is 0 Å². The summed E-state index contributed by atoms with van der Waals surface area (Å²) in [5, 5.41) is 4.12. The van der Waals surface area contributed by atoms with E-state index in [1.807, 2.05) is 18.4 Å². The molecule has 1 aliphatic heterocycles. The highest BCUT2D eigenvalue weighted by molar-refractivity contribution is 6.30. The smallest absolute Gasteiger partial charge is 0.0554 e. The predicted molar refractivity (Wildman–Crippen MR) is 42.6 cm³/mol. The van der Waals surface area contributed by atoms with Crippen LogP contribution in [0, 0.1) is 5.92 Å². The van der Waals surface area contributed by atoms with Gasteiger partial charge in [0.25, 0.3) is 0 Å². The van der Waals surface area contributed by atoms with Crippen molar-refractivity contribution in [1.29, 1.82) is 0 Å². The fourth-order valence-electron chi connectivity index (χ4n) is 1.31. The lowest BCUT2D eigenvalue weighted by Gasteiger charge is -2.17. The van der Waals surface area contributed by atoms with Gasteiger partial charge in [-0.05, 0) is 12.3 Å². The highest BCUT2D eigenvalue weighted by Gasteiger charge is 2.23. The Balaban J connectivity index is 2.30. The molecule has 2 atom stereocenters. The lowest BCUT2D eigenvalue weighted by Crippen LogP contribution is -2.25. The van der Waals surface area contributed by atoms with Crippen LogP contribution in [0.1, 0.15) is 0 Å². The molecule has 0 aromatic rings. The van der Waals surface area contributed by atoms with Crippen LogP contribution in [0.2, 0.25) is 0 Å². The minimum atomic E-state index is 0.381. The van der Waals surface area contributed by atoms with Crippen LogP contribution in [-0.4, -0.2) is 6.04 Å². The van der Waals surface area contributed by atoms with Gasteiger partial charge in [0, 0.05) is 11.0 Å². The number of hydrogen-bond acceptors (Lipinski definition) is 1. The largest absolute Gasteiger partial charge is 0.384 e. The number of rotatable bonds is 0. The first-order valence-electron chi connectivity index (χ1n) is 3.34. The van der Waals surface area contributed by atoms with Crippen molar-refractivity contribution in [3.63, 3.8) is 0 Å². The Kier molecular flexibility index (Phi) is 1.31. The van der Waals surface area contributed by atoms with Gasteiger partial charge in [0.15, 0.2) is 0 Å². The van der Waals surface area contributed by atoms with Gasteiger partial charge in [-0.3, -0.25) is 0 Å². The van der Waals surface area contributed by atoms with Gasteiger partial charge in [-0.25, -0.2) is 0 Å². The molecule has 0 saturated heterocycles. The van der Waals surface area contributed by atoms with E-state index in [1.54, 1.807) is 0 Å². The third-order valence-electron chi connectivity index (χ3n) is 1.87. The molecule has 1 N–H and O–H groups in total. The fraction of sp³-hybridized carbons (Fsp3) is 0.250. The average Bonchev–Trinajstić information content (AvgIpc) is 2.36. The van der Waals surface area contributed by atoms with Crippen LogP contribution >= 0.6 is 11.6 Å². The van der Waals surface area contributed by atoms with E-state index in [4.69, 9.17) is 11.6 Å². The molecule has 1 aliphatic carbocycles. The van der Waals surface area contributed by atoms with Gasteiger partial charge in [-0.2, -0.15) is 0 Å². The first-order chi connectivity index (χ1) is 4.88. The van der Waals surface area contributed by atoms with Gasteiger partial charge in [-0.15, -0.1) is 0 Å². The lowest BCUT2D eigenvalue weighted by atomic mass is 9.98. The number of allylic oxidation sites excluding steroid dienone is 2. The van der Waals surface area contributed by atoms with Gasteiger partial charge in [-0.1, -0.05) is 29.8 Å². The van der Waals surface area contributed by atoms with Gasteiger partial charge in [0.1, 0.15) is 0 Å². The van der Waals surface area contributed by atoms with Crippen molar-refractivity contribution < 1.29 is 0 Å². The number of nitrogens with one attached hydrogen (secondary N) is 1. The summed E-state index contributed by atoms with van der Waals surface area (Å²) in [4.78, 5) is 0. The van der Waals surface area contributed by atoms with E-state index < -0.39 is 0 Å². The zero-order valence-corrected chi connectivity index (χ0v) is 6.18. The molecule has 0 radical (unpaired) electrons. The average molecular weight is 154 g/mol. The third kappa shape index (κ3) is 0.781. The fourth-order valence-corrected chi connectivity index (χ4v) is 1.59. The normalized spacial score (nSPS) is 35.1. The monoisotopic (exact) mass is 153 g/mol. The van der Waals surface area contributed by atoms with Crippen LogP contribution in [-0.2, 0) is 0 Å². The van der Waals surface area contributed by atoms with Crippen molar-refractivity contribution in [2.45, 2.75) is 6.04 Å². The Bertz CT molecular complexity index is 227. The summed E-state index contributed by atoms with van der Waals surface area (Å²) in [5.74, 6) is 0.381. The van der Waals surface area contributed by atoms with E-state index in [9.17, 15) is 0 Å². The summed E-state index contributed by atoms with van der Waals surface area (Å²) in [6.45, 7) is 0. The van der Waals surface area contributed by atoms with Gasteiger partial charge >= 0.3 is 0 Å². The highest BCUT2D eigenvalue weighted by atomic mass is 35.5. The van der Waals surface area contributed by atoms with Crippen LogP contribution in [0.25, 0.3) is 0 Å². The molecule has 2 unspecified atom stereocenters. The second-order valence-electron chi connectivity index (χ2n) is 2.51. The van der Waals surface area contributed by atoms with E-state index in [0.717, 1.165) is 5.03 Å². The highest BCUT2D eigenvalue weighted by Crippen LogP contribution is 2.27. The quantitative estimate of drug-likeness (QED) is 0.560. The Morgan fingerprint density at radius 3 is 3.10 bits per heavy atom. The molecule has 2 heteroatoms. The number of fused-ring (bicyclic) bond motifs is 1. The van der Waals surface area contributed by atoms with Gasteiger partial charge < -0.3 is 5.32 Å². The van der Waals surface area contributed by atoms with E-state index in [-0.39, 0.29) is 0 Å². The first kappa shape index (κ1) is 6.05. The minimum absolute atomic E-state index is 0.381. The van der Waals surface area contributed by atoms with Crippen LogP contribution in [0.15, 0.2) is 35.5 Å². The SMILES string of the molecule is ClC1=CC=CC2NC=CC12. The molecule has 0 aromatic carbocycles. The number of halogens is 1. The molecular weight excluding hydrogens is 146 g/mol. The topological polar surface area (TPSA) is 12.0 Å². The maximum Gasteiger partial charge on any atom is 0.0554 e. The summed E-state index contributed by atoms with van der Waals surface area (Å²) in [6, 6.07) is 0.400. The molecule has 0 amide bonds. The summed E-state index contributed by atoms with van der Waals surface area (Å²) >= 11 is 5.94. The van der Waals surface area contributed by atoms with Gasteiger partial charge in [0.2, 0.25) is 0 Å². The molecule has 0 aromatic heterocycles. The van der Waals surface area contributed by atoms with Crippen molar-refractivity contribution in [3.8, 4) is 0 Å². The maximum atomic E-state index is 5.94. The summed E-state index contributed by atoms with van der Waals surface area (Å²) < 4.78 is 0. The molecule has 0 fully saturated rings. The Morgan fingerprint density at radius 2 is 2.30 bits per heavy atom. The van der Waals surface area contributed by atoms with Gasteiger partial charge in [0.05, 0.1) is 6.04 Å². The molecule has 2 rings (SSSR count). The maximum absolute atomic E-state index is 5.94. The number of hydrogen-bond donors (Lipinski definition) is 1. The van der Waals surface area contributed by atoms with Crippen molar-refractivity contribution in [2.24, 2.45) is 5.92 Å². The van der Waals surface area contributed by atoms with E-state index in [0.29, 0.717) is 12.0 Å². The zero-order chi connectivity index (χ0) is 6.97. The molecule has 0 spiro atoms. The van der Waals surface area contributed by atoms with Crippen LogP contribution in [0.3, 0.4) is 0 Å². The Hall–Kier alpha value is -0.690. The Morgan fingerprint density at radius 1 is 1.40 bits per heavy atom. The third-order valence-corrected chi connectivity index (χ3v) is 2.25. The zero-order valence-electron chi connectivity index (χ0n) is 5.42.